The summed E-state index contributed by atoms with van der Waals surface area (Å²) >= 11 is 0. The van der Waals surface area contributed by atoms with Crippen molar-refractivity contribution in [2.24, 2.45) is 0 Å². The van der Waals surface area contributed by atoms with Gasteiger partial charge in [0.05, 0.1) is 13.0 Å². The van der Waals surface area contributed by atoms with Crippen LogP contribution in [0.25, 0.3) is 0 Å². The zero-order valence-corrected chi connectivity index (χ0v) is 14.8. The van der Waals surface area contributed by atoms with Gasteiger partial charge in [0.2, 0.25) is 5.91 Å². The van der Waals surface area contributed by atoms with Crippen molar-refractivity contribution in [1.29, 1.82) is 0 Å². The first-order chi connectivity index (χ1) is 11.5. The van der Waals surface area contributed by atoms with Crippen molar-refractivity contribution < 1.29 is 14.3 Å². The molecule has 0 fully saturated rings. The van der Waals surface area contributed by atoms with E-state index >= 15 is 0 Å². The number of rotatable bonds is 7. The number of aryl methyl sites for hydroxylation is 2. The Morgan fingerprint density at radius 1 is 1.08 bits per heavy atom. The van der Waals surface area contributed by atoms with E-state index in [4.69, 9.17) is 9.47 Å². The Morgan fingerprint density at radius 2 is 1.88 bits per heavy atom. The van der Waals surface area contributed by atoms with E-state index in [1.807, 2.05) is 44.2 Å². The minimum absolute atomic E-state index is 0.0311. The van der Waals surface area contributed by atoms with Crippen LogP contribution in [0.1, 0.15) is 29.2 Å². The average molecular weight is 327 g/mol. The summed E-state index contributed by atoms with van der Waals surface area (Å²) in [5.74, 6) is 1.58. The third kappa shape index (κ3) is 4.51. The molecule has 1 N–H and O–H groups in total. The molecule has 24 heavy (non-hydrogen) atoms. The van der Waals surface area contributed by atoms with Crippen molar-refractivity contribution in [3.63, 3.8) is 0 Å². The van der Waals surface area contributed by atoms with E-state index in [-0.39, 0.29) is 5.91 Å². The van der Waals surface area contributed by atoms with Crippen molar-refractivity contribution in [2.45, 2.75) is 33.8 Å². The lowest BCUT2D eigenvalue weighted by Crippen LogP contribution is -2.21. The Balaban J connectivity index is 2.26. The average Bonchev–Trinajstić information content (AvgIpc) is 2.56. The van der Waals surface area contributed by atoms with Gasteiger partial charge in [-0.05, 0) is 44.0 Å². The van der Waals surface area contributed by atoms with Crippen molar-refractivity contribution in [2.75, 3.05) is 13.7 Å². The molecule has 0 unspecified atom stereocenters. The molecular weight excluding hydrogens is 302 g/mol. The van der Waals surface area contributed by atoms with Gasteiger partial charge < -0.3 is 14.8 Å². The number of carbonyl (C=O) groups excluding carboxylic acids is 1. The molecular formula is C20H25NO3. The Hall–Kier alpha value is -2.49. The lowest BCUT2D eigenvalue weighted by Gasteiger charge is -2.16. The van der Waals surface area contributed by atoms with Crippen LogP contribution in [0.2, 0.25) is 0 Å². The molecule has 0 bridgehead atoms. The van der Waals surface area contributed by atoms with Crippen LogP contribution in [-0.4, -0.2) is 19.6 Å². The molecule has 0 heterocycles. The van der Waals surface area contributed by atoms with Crippen LogP contribution in [0.15, 0.2) is 36.4 Å². The summed E-state index contributed by atoms with van der Waals surface area (Å²) in [6, 6.07) is 11.9. The summed E-state index contributed by atoms with van der Waals surface area (Å²) in [6.07, 6.45) is 0.309. The van der Waals surface area contributed by atoms with Crippen molar-refractivity contribution in [1.82, 2.24) is 5.32 Å². The quantitative estimate of drug-likeness (QED) is 0.846. The van der Waals surface area contributed by atoms with Gasteiger partial charge in [0.1, 0.15) is 18.1 Å². The fourth-order valence-corrected chi connectivity index (χ4v) is 2.60. The maximum Gasteiger partial charge on any atom is 0.224 e. The molecule has 2 aromatic carbocycles. The summed E-state index contributed by atoms with van der Waals surface area (Å²) in [7, 11) is 1.64. The molecule has 0 saturated carbocycles. The number of ether oxygens (including phenoxy) is 2. The highest BCUT2D eigenvalue weighted by atomic mass is 16.5. The number of hydrogen-bond donors (Lipinski definition) is 1. The number of benzene rings is 2. The zero-order chi connectivity index (χ0) is 17.5. The second kappa shape index (κ2) is 8.39. The van der Waals surface area contributed by atoms with E-state index in [2.05, 4.69) is 18.3 Å². The van der Waals surface area contributed by atoms with Crippen LogP contribution in [0.4, 0.5) is 0 Å². The summed E-state index contributed by atoms with van der Waals surface area (Å²) in [5, 5.41) is 2.66. The molecule has 0 radical (unpaired) electrons. The molecule has 0 aromatic heterocycles. The molecule has 1 amide bonds. The largest absolute Gasteiger partial charge is 0.493 e. The first-order valence-corrected chi connectivity index (χ1v) is 8.19. The highest BCUT2D eigenvalue weighted by Crippen LogP contribution is 2.27. The minimum Gasteiger partial charge on any atom is -0.493 e. The smallest absolute Gasteiger partial charge is 0.224 e. The van der Waals surface area contributed by atoms with Crippen LogP contribution >= 0.6 is 0 Å². The standard InChI is InChI=1S/C20H25NO3/c1-5-23-19-8-6-7-16(12-20(22)21-4)17(19)13-24-18-10-9-14(2)11-15(18)3/h6-11H,5,12-13H2,1-4H3,(H,21,22). The first kappa shape index (κ1) is 17.9. The predicted octanol–water partition coefficient (Wildman–Crippen LogP) is 3.57. The van der Waals surface area contributed by atoms with E-state index in [9.17, 15) is 4.79 Å². The zero-order valence-electron chi connectivity index (χ0n) is 14.8. The first-order valence-electron chi connectivity index (χ1n) is 8.19. The van der Waals surface area contributed by atoms with Crippen LogP contribution in [-0.2, 0) is 17.8 Å². The third-order valence-electron chi connectivity index (χ3n) is 3.86. The molecule has 2 rings (SSSR count). The Morgan fingerprint density at radius 3 is 2.54 bits per heavy atom. The SMILES string of the molecule is CCOc1cccc(CC(=O)NC)c1COc1ccc(C)cc1C. The summed E-state index contributed by atoms with van der Waals surface area (Å²) in [5.41, 5.74) is 4.14. The van der Waals surface area contributed by atoms with E-state index in [0.29, 0.717) is 19.6 Å². The van der Waals surface area contributed by atoms with Crippen LogP contribution < -0.4 is 14.8 Å². The van der Waals surface area contributed by atoms with Gasteiger partial charge in [-0.1, -0.05) is 29.8 Å². The Kier molecular flexibility index (Phi) is 6.24. The molecule has 0 saturated heterocycles. The summed E-state index contributed by atoms with van der Waals surface area (Å²) < 4.78 is 11.7. The molecule has 0 aliphatic heterocycles. The topological polar surface area (TPSA) is 47.6 Å². The molecule has 128 valence electrons. The van der Waals surface area contributed by atoms with Gasteiger partial charge >= 0.3 is 0 Å². The van der Waals surface area contributed by atoms with Gasteiger partial charge in [-0.25, -0.2) is 0 Å². The fourth-order valence-electron chi connectivity index (χ4n) is 2.60. The fraction of sp³-hybridized carbons (Fsp3) is 0.350. The Labute approximate surface area is 143 Å². The highest BCUT2D eigenvalue weighted by Gasteiger charge is 2.13. The van der Waals surface area contributed by atoms with Crippen molar-refractivity contribution >= 4 is 5.91 Å². The monoisotopic (exact) mass is 327 g/mol. The second-order valence-electron chi connectivity index (χ2n) is 5.73. The minimum atomic E-state index is -0.0311. The molecule has 0 atom stereocenters. The number of nitrogens with one attached hydrogen (secondary N) is 1. The molecule has 2 aromatic rings. The summed E-state index contributed by atoms with van der Waals surface area (Å²) in [4.78, 5) is 11.8. The number of carbonyl (C=O) groups is 1. The predicted molar refractivity (Wildman–Crippen MR) is 95.6 cm³/mol. The molecule has 0 spiro atoms. The van der Waals surface area contributed by atoms with Crippen molar-refractivity contribution in [3.8, 4) is 11.5 Å². The van der Waals surface area contributed by atoms with E-state index in [1.54, 1.807) is 7.05 Å². The van der Waals surface area contributed by atoms with Gasteiger partial charge in [0.25, 0.3) is 0 Å². The summed E-state index contributed by atoms with van der Waals surface area (Å²) in [6.45, 7) is 6.97. The van der Waals surface area contributed by atoms with E-state index < -0.39 is 0 Å². The second-order valence-corrected chi connectivity index (χ2v) is 5.73. The Bertz CT molecular complexity index is 710. The van der Waals surface area contributed by atoms with E-state index in [0.717, 1.165) is 28.2 Å². The number of likely N-dealkylation sites (N-methyl/N-ethyl adjacent to an activating group) is 1. The normalized spacial score (nSPS) is 10.3. The van der Waals surface area contributed by atoms with Crippen LogP contribution in [0, 0.1) is 13.8 Å². The third-order valence-corrected chi connectivity index (χ3v) is 3.86. The number of hydrogen-bond acceptors (Lipinski definition) is 3. The molecule has 4 nitrogen and oxygen atoms in total. The lowest BCUT2D eigenvalue weighted by atomic mass is 10.0. The highest BCUT2D eigenvalue weighted by molar-refractivity contribution is 5.78. The van der Waals surface area contributed by atoms with Gasteiger partial charge in [-0.3, -0.25) is 4.79 Å². The van der Waals surface area contributed by atoms with Crippen molar-refractivity contribution in [3.05, 3.63) is 58.7 Å². The van der Waals surface area contributed by atoms with Crippen LogP contribution in [0.5, 0.6) is 11.5 Å². The maximum absolute atomic E-state index is 11.8. The van der Waals surface area contributed by atoms with Gasteiger partial charge in [-0.15, -0.1) is 0 Å². The number of amides is 1. The van der Waals surface area contributed by atoms with Crippen LogP contribution in [0.3, 0.4) is 0 Å². The van der Waals surface area contributed by atoms with E-state index in [1.165, 1.54) is 5.56 Å². The van der Waals surface area contributed by atoms with Gasteiger partial charge in [0.15, 0.2) is 0 Å². The molecule has 4 heteroatoms. The lowest BCUT2D eigenvalue weighted by molar-refractivity contribution is -0.119. The maximum atomic E-state index is 11.8. The van der Waals surface area contributed by atoms with Gasteiger partial charge in [-0.2, -0.15) is 0 Å². The molecule has 0 aliphatic rings. The molecule has 0 aliphatic carbocycles. The van der Waals surface area contributed by atoms with Gasteiger partial charge in [0, 0.05) is 12.6 Å².